The molecule has 1 aliphatic rings. The van der Waals surface area contributed by atoms with Crippen LogP contribution in [0.15, 0.2) is 36.8 Å². The standard InChI is InChI=1S/C15H16N2O2/c1-19-15(18)14-9-16-10-17(14)13-8-4-6-11-5-2-3-7-12(11)13/h2-3,5,7,9-10,13H,4,6,8H2,1H3. The first-order valence-corrected chi connectivity index (χ1v) is 6.49. The maximum atomic E-state index is 11.8. The van der Waals surface area contributed by atoms with Crippen LogP contribution in [0.25, 0.3) is 0 Å². The molecule has 19 heavy (non-hydrogen) atoms. The van der Waals surface area contributed by atoms with Crippen LogP contribution in [0.1, 0.15) is 40.5 Å². The predicted molar refractivity (Wildman–Crippen MR) is 71.1 cm³/mol. The summed E-state index contributed by atoms with van der Waals surface area (Å²) in [4.78, 5) is 15.9. The van der Waals surface area contributed by atoms with Gasteiger partial charge in [0, 0.05) is 0 Å². The average molecular weight is 256 g/mol. The van der Waals surface area contributed by atoms with Crippen molar-refractivity contribution in [2.24, 2.45) is 0 Å². The van der Waals surface area contributed by atoms with Gasteiger partial charge in [-0.25, -0.2) is 9.78 Å². The van der Waals surface area contributed by atoms with Crippen LogP contribution in [0.2, 0.25) is 0 Å². The molecule has 0 bridgehead atoms. The second kappa shape index (κ2) is 4.88. The van der Waals surface area contributed by atoms with Gasteiger partial charge in [-0.2, -0.15) is 0 Å². The number of hydrogen-bond acceptors (Lipinski definition) is 3. The largest absolute Gasteiger partial charge is 0.464 e. The van der Waals surface area contributed by atoms with Crippen molar-refractivity contribution in [1.29, 1.82) is 0 Å². The van der Waals surface area contributed by atoms with Gasteiger partial charge in [0.15, 0.2) is 0 Å². The van der Waals surface area contributed by atoms with Crippen molar-refractivity contribution in [2.75, 3.05) is 7.11 Å². The molecule has 3 rings (SSSR count). The molecule has 0 N–H and O–H groups in total. The van der Waals surface area contributed by atoms with Crippen molar-refractivity contribution in [3.05, 3.63) is 53.6 Å². The highest BCUT2D eigenvalue weighted by atomic mass is 16.5. The van der Waals surface area contributed by atoms with E-state index in [9.17, 15) is 4.79 Å². The summed E-state index contributed by atoms with van der Waals surface area (Å²) < 4.78 is 6.75. The summed E-state index contributed by atoms with van der Waals surface area (Å²) in [6.45, 7) is 0. The number of hydrogen-bond donors (Lipinski definition) is 0. The molecule has 4 nitrogen and oxygen atoms in total. The molecule has 1 atom stereocenters. The smallest absolute Gasteiger partial charge is 0.356 e. The fourth-order valence-corrected chi connectivity index (χ4v) is 2.83. The Morgan fingerprint density at radius 3 is 3.11 bits per heavy atom. The highest BCUT2D eigenvalue weighted by molar-refractivity contribution is 5.87. The zero-order valence-corrected chi connectivity index (χ0v) is 10.9. The van der Waals surface area contributed by atoms with E-state index in [2.05, 4.69) is 23.2 Å². The van der Waals surface area contributed by atoms with Crippen molar-refractivity contribution in [3.8, 4) is 0 Å². The lowest BCUT2D eigenvalue weighted by Gasteiger charge is -2.27. The first-order chi connectivity index (χ1) is 9.31. The van der Waals surface area contributed by atoms with Crippen LogP contribution >= 0.6 is 0 Å². The number of carbonyl (C=O) groups is 1. The zero-order chi connectivity index (χ0) is 13.2. The Morgan fingerprint density at radius 1 is 1.42 bits per heavy atom. The van der Waals surface area contributed by atoms with Crippen molar-refractivity contribution < 1.29 is 9.53 Å². The Bertz CT molecular complexity index is 604. The Morgan fingerprint density at radius 2 is 2.26 bits per heavy atom. The van der Waals surface area contributed by atoms with Crippen molar-refractivity contribution in [1.82, 2.24) is 9.55 Å². The molecule has 0 spiro atoms. The van der Waals surface area contributed by atoms with E-state index >= 15 is 0 Å². The number of nitrogens with zero attached hydrogens (tertiary/aromatic N) is 2. The number of esters is 1. The summed E-state index contributed by atoms with van der Waals surface area (Å²) in [5.41, 5.74) is 3.17. The van der Waals surface area contributed by atoms with E-state index in [0.29, 0.717) is 5.69 Å². The second-order valence-electron chi connectivity index (χ2n) is 4.78. The normalized spacial score (nSPS) is 17.8. The van der Waals surface area contributed by atoms with Crippen LogP contribution in [0, 0.1) is 0 Å². The van der Waals surface area contributed by atoms with Crippen molar-refractivity contribution >= 4 is 5.97 Å². The molecule has 0 radical (unpaired) electrons. The first kappa shape index (κ1) is 12.0. The number of methoxy groups -OCH3 is 1. The van der Waals surface area contributed by atoms with Crippen LogP contribution in [-0.2, 0) is 11.2 Å². The van der Waals surface area contributed by atoms with Gasteiger partial charge in [-0.3, -0.25) is 0 Å². The Balaban J connectivity index is 2.05. The van der Waals surface area contributed by atoms with E-state index in [1.165, 1.54) is 18.2 Å². The molecule has 1 heterocycles. The van der Waals surface area contributed by atoms with Crippen LogP contribution in [0.5, 0.6) is 0 Å². The lowest BCUT2D eigenvalue weighted by molar-refractivity contribution is 0.0586. The number of benzene rings is 1. The van der Waals surface area contributed by atoms with Gasteiger partial charge in [-0.15, -0.1) is 0 Å². The number of ether oxygens (including phenoxy) is 1. The maximum absolute atomic E-state index is 11.8. The SMILES string of the molecule is COC(=O)c1cncn1C1CCCc2ccccc21. The summed E-state index contributed by atoms with van der Waals surface area (Å²) in [7, 11) is 1.40. The van der Waals surface area contributed by atoms with E-state index in [1.807, 2.05) is 10.6 Å². The van der Waals surface area contributed by atoms with Crippen molar-refractivity contribution in [3.63, 3.8) is 0 Å². The number of aryl methyl sites for hydroxylation is 1. The molecule has 1 aromatic heterocycles. The molecule has 98 valence electrons. The lowest BCUT2D eigenvalue weighted by atomic mass is 9.87. The summed E-state index contributed by atoms with van der Waals surface area (Å²) in [6.07, 6.45) is 6.55. The minimum absolute atomic E-state index is 0.182. The van der Waals surface area contributed by atoms with E-state index < -0.39 is 0 Å². The van der Waals surface area contributed by atoms with Gasteiger partial charge in [-0.1, -0.05) is 24.3 Å². The monoisotopic (exact) mass is 256 g/mol. The van der Waals surface area contributed by atoms with E-state index in [0.717, 1.165) is 19.3 Å². The molecule has 0 fully saturated rings. The first-order valence-electron chi connectivity index (χ1n) is 6.49. The predicted octanol–water partition coefficient (Wildman–Crippen LogP) is 2.60. The van der Waals surface area contributed by atoms with Crippen LogP contribution in [0.3, 0.4) is 0 Å². The van der Waals surface area contributed by atoms with Gasteiger partial charge in [0.2, 0.25) is 0 Å². The number of rotatable bonds is 2. The third-order valence-corrected chi connectivity index (χ3v) is 3.73. The molecule has 0 saturated carbocycles. The molecule has 1 unspecified atom stereocenters. The summed E-state index contributed by atoms with van der Waals surface area (Å²) in [5, 5.41) is 0. The number of fused-ring (bicyclic) bond motifs is 1. The van der Waals surface area contributed by atoms with Gasteiger partial charge in [0.1, 0.15) is 5.69 Å². The third kappa shape index (κ3) is 2.03. The highest BCUT2D eigenvalue weighted by Crippen LogP contribution is 2.33. The quantitative estimate of drug-likeness (QED) is 0.776. The zero-order valence-electron chi connectivity index (χ0n) is 10.9. The lowest BCUT2D eigenvalue weighted by Crippen LogP contribution is -2.20. The fourth-order valence-electron chi connectivity index (χ4n) is 2.83. The summed E-state index contributed by atoms with van der Waals surface area (Å²) in [5.74, 6) is -0.333. The third-order valence-electron chi connectivity index (χ3n) is 3.73. The van der Waals surface area contributed by atoms with Crippen molar-refractivity contribution in [2.45, 2.75) is 25.3 Å². The molecule has 4 heteroatoms. The van der Waals surface area contributed by atoms with Gasteiger partial charge in [0.25, 0.3) is 0 Å². The number of carbonyl (C=O) groups excluding carboxylic acids is 1. The minimum Gasteiger partial charge on any atom is -0.464 e. The second-order valence-corrected chi connectivity index (χ2v) is 4.78. The molecule has 0 saturated heterocycles. The fraction of sp³-hybridized carbons (Fsp3) is 0.333. The van der Waals surface area contributed by atoms with E-state index in [1.54, 1.807) is 12.5 Å². The van der Waals surface area contributed by atoms with Crippen LogP contribution in [0.4, 0.5) is 0 Å². The summed E-state index contributed by atoms with van der Waals surface area (Å²) >= 11 is 0. The van der Waals surface area contributed by atoms with Crippen LogP contribution < -0.4 is 0 Å². The molecule has 1 aromatic carbocycles. The molecule has 2 aromatic rings. The van der Waals surface area contributed by atoms with Gasteiger partial charge < -0.3 is 9.30 Å². The summed E-state index contributed by atoms with van der Waals surface area (Å²) in [6, 6.07) is 8.60. The van der Waals surface area contributed by atoms with E-state index in [4.69, 9.17) is 4.74 Å². The average Bonchev–Trinajstić information content (AvgIpc) is 2.95. The van der Waals surface area contributed by atoms with Gasteiger partial charge in [0.05, 0.1) is 25.7 Å². The maximum Gasteiger partial charge on any atom is 0.356 e. The molecular weight excluding hydrogens is 240 g/mol. The Kier molecular flexibility index (Phi) is 3.07. The highest BCUT2D eigenvalue weighted by Gasteiger charge is 2.25. The topological polar surface area (TPSA) is 44.1 Å². The van der Waals surface area contributed by atoms with Crippen LogP contribution in [-0.4, -0.2) is 22.6 Å². The minimum atomic E-state index is -0.333. The molecule has 0 amide bonds. The molecule has 0 aliphatic heterocycles. The van der Waals surface area contributed by atoms with E-state index in [-0.39, 0.29) is 12.0 Å². The number of aromatic nitrogens is 2. The van der Waals surface area contributed by atoms with Gasteiger partial charge in [-0.05, 0) is 30.4 Å². The molecule has 1 aliphatic carbocycles. The molecular formula is C15H16N2O2. The number of imidazole rings is 1. The Labute approximate surface area is 112 Å². The Hall–Kier alpha value is -2.10. The van der Waals surface area contributed by atoms with Gasteiger partial charge >= 0.3 is 5.97 Å².